The Kier molecular flexibility index (Phi) is 5.76. The maximum absolute atomic E-state index is 12.6. The number of rotatable bonds is 8. The number of ketones is 1. The average molecular weight is 384 g/mol. The molecule has 2 heterocycles. The van der Waals surface area contributed by atoms with Crippen molar-refractivity contribution in [1.29, 1.82) is 0 Å². The first-order valence-electron chi connectivity index (χ1n) is 9.44. The number of nitrogens with zero attached hydrogens (tertiary/aromatic N) is 2. The SMILES string of the molecule is O=C(CCc1ncc(-c2ccccn2)o1)c1cccc(OCc2ccccc2)c1. The molecule has 0 amide bonds. The minimum absolute atomic E-state index is 0.0211. The van der Waals surface area contributed by atoms with Gasteiger partial charge in [0.2, 0.25) is 0 Å². The molecule has 0 atom stereocenters. The maximum Gasteiger partial charge on any atom is 0.195 e. The van der Waals surface area contributed by atoms with Crippen molar-refractivity contribution in [2.24, 2.45) is 0 Å². The molecule has 5 nitrogen and oxygen atoms in total. The zero-order valence-electron chi connectivity index (χ0n) is 15.8. The van der Waals surface area contributed by atoms with Gasteiger partial charge in [-0.05, 0) is 29.8 Å². The summed E-state index contributed by atoms with van der Waals surface area (Å²) >= 11 is 0. The molecular weight excluding hydrogens is 364 g/mol. The molecule has 4 rings (SSSR count). The van der Waals surface area contributed by atoms with E-state index in [1.807, 2.05) is 60.7 Å². The highest BCUT2D eigenvalue weighted by atomic mass is 16.5. The van der Waals surface area contributed by atoms with Crippen molar-refractivity contribution in [3.8, 4) is 17.2 Å². The Morgan fingerprint density at radius 3 is 2.62 bits per heavy atom. The molecule has 0 aliphatic heterocycles. The summed E-state index contributed by atoms with van der Waals surface area (Å²) in [5.41, 5.74) is 2.42. The quantitative estimate of drug-likeness (QED) is 0.394. The zero-order valence-corrected chi connectivity index (χ0v) is 15.8. The van der Waals surface area contributed by atoms with Gasteiger partial charge in [0.1, 0.15) is 18.1 Å². The number of aryl methyl sites for hydroxylation is 1. The van der Waals surface area contributed by atoms with Crippen molar-refractivity contribution in [2.75, 3.05) is 0 Å². The van der Waals surface area contributed by atoms with Crippen LogP contribution in [0.2, 0.25) is 0 Å². The molecule has 0 fully saturated rings. The van der Waals surface area contributed by atoms with E-state index in [2.05, 4.69) is 9.97 Å². The van der Waals surface area contributed by atoms with Crippen LogP contribution in [0.25, 0.3) is 11.5 Å². The van der Waals surface area contributed by atoms with E-state index in [4.69, 9.17) is 9.15 Å². The second-order valence-electron chi connectivity index (χ2n) is 6.56. The molecule has 0 N–H and O–H groups in total. The number of hydrogen-bond acceptors (Lipinski definition) is 5. The second-order valence-corrected chi connectivity index (χ2v) is 6.56. The average Bonchev–Trinajstić information content (AvgIpc) is 3.27. The van der Waals surface area contributed by atoms with Crippen molar-refractivity contribution in [2.45, 2.75) is 19.4 Å². The molecule has 144 valence electrons. The number of carbonyl (C=O) groups is 1. The van der Waals surface area contributed by atoms with Gasteiger partial charge >= 0.3 is 0 Å². The lowest BCUT2D eigenvalue weighted by Gasteiger charge is -2.07. The van der Waals surface area contributed by atoms with Crippen LogP contribution in [0.4, 0.5) is 0 Å². The molecule has 4 aromatic rings. The summed E-state index contributed by atoms with van der Waals surface area (Å²) in [4.78, 5) is 21.1. The Balaban J connectivity index is 1.35. The van der Waals surface area contributed by atoms with Gasteiger partial charge in [-0.1, -0.05) is 48.5 Å². The van der Waals surface area contributed by atoms with Gasteiger partial charge in [0.15, 0.2) is 17.4 Å². The highest BCUT2D eigenvalue weighted by Crippen LogP contribution is 2.20. The molecule has 0 radical (unpaired) electrons. The molecule has 0 aliphatic rings. The Hall–Kier alpha value is -3.73. The number of hydrogen-bond donors (Lipinski definition) is 0. The fourth-order valence-corrected chi connectivity index (χ4v) is 2.92. The Morgan fingerprint density at radius 1 is 0.931 bits per heavy atom. The number of aromatic nitrogens is 2. The minimum Gasteiger partial charge on any atom is -0.489 e. The van der Waals surface area contributed by atoms with E-state index in [9.17, 15) is 4.79 Å². The monoisotopic (exact) mass is 384 g/mol. The van der Waals surface area contributed by atoms with Gasteiger partial charge in [-0.3, -0.25) is 9.78 Å². The summed E-state index contributed by atoms with van der Waals surface area (Å²) in [5.74, 6) is 1.82. The fourth-order valence-electron chi connectivity index (χ4n) is 2.92. The van der Waals surface area contributed by atoms with Crippen LogP contribution in [0.3, 0.4) is 0 Å². The number of benzene rings is 2. The molecule has 2 aromatic heterocycles. The van der Waals surface area contributed by atoms with E-state index in [0.717, 1.165) is 11.3 Å². The maximum atomic E-state index is 12.6. The van der Waals surface area contributed by atoms with E-state index in [1.165, 1.54) is 0 Å². The van der Waals surface area contributed by atoms with E-state index >= 15 is 0 Å². The van der Waals surface area contributed by atoms with Crippen LogP contribution < -0.4 is 4.74 Å². The molecule has 0 saturated heterocycles. The number of oxazole rings is 1. The lowest BCUT2D eigenvalue weighted by Crippen LogP contribution is -2.02. The van der Waals surface area contributed by atoms with Gasteiger partial charge < -0.3 is 9.15 Å². The predicted molar refractivity (Wildman–Crippen MR) is 110 cm³/mol. The number of Topliss-reactive ketones (excluding diaryl/α,β-unsaturated/α-hetero) is 1. The first-order chi connectivity index (χ1) is 14.3. The van der Waals surface area contributed by atoms with Crippen molar-refractivity contribution in [1.82, 2.24) is 9.97 Å². The molecule has 5 heteroatoms. The Labute approximate surface area is 169 Å². The van der Waals surface area contributed by atoms with Crippen LogP contribution in [0, 0.1) is 0 Å². The van der Waals surface area contributed by atoms with Crippen LogP contribution >= 0.6 is 0 Å². The number of ether oxygens (including phenoxy) is 1. The summed E-state index contributed by atoms with van der Waals surface area (Å²) in [6.45, 7) is 0.463. The fraction of sp³-hybridized carbons (Fsp3) is 0.125. The topological polar surface area (TPSA) is 65.2 Å². The molecule has 0 saturated carbocycles. The molecule has 2 aromatic carbocycles. The van der Waals surface area contributed by atoms with Crippen LogP contribution in [-0.2, 0) is 13.0 Å². The zero-order chi connectivity index (χ0) is 19.9. The highest BCUT2D eigenvalue weighted by molar-refractivity contribution is 5.96. The summed E-state index contributed by atoms with van der Waals surface area (Å²) in [5, 5.41) is 0. The summed E-state index contributed by atoms with van der Waals surface area (Å²) in [7, 11) is 0. The Bertz CT molecular complexity index is 1080. The van der Waals surface area contributed by atoms with Gasteiger partial charge in [-0.2, -0.15) is 0 Å². The Morgan fingerprint density at radius 2 is 1.79 bits per heavy atom. The first kappa shape index (κ1) is 18.6. The van der Waals surface area contributed by atoms with E-state index < -0.39 is 0 Å². The van der Waals surface area contributed by atoms with E-state index in [-0.39, 0.29) is 5.78 Å². The van der Waals surface area contributed by atoms with Gasteiger partial charge in [-0.25, -0.2) is 4.98 Å². The molecular formula is C24H20N2O3. The third-order valence-electron chi connectivity index (χ3n) is 4.44. The highest BCUT2D eigenvalue weighted by Gasteiger charge is 2.12. The lowest BCUT2D eigenvalue weighted by molar-refractivity contribution is 0.0980. The van der Waals surface area contributed by atoms with Crippen LogP contribution in [0.15, 0.2) is 89.6 Å². The van der Waals surface area contributed by atoms with Crippen molar-refractivity contribution in [3.05, 3.63) is 102 Å². The van der Waals surface area contributed by atoms with E-state index in [1.54, 1.807) is 24.5 Å². The lowest BCUT2D eigenvalue weighted by atomic mass is 10.1. The summed E-state index contributed by atoms with van der Waals surface area (Å²) < 4.78 is 11.5. The van der Waals surface area contributed by atoms with Crippen LogP contribution in [0.5, 0.6) is 5.75 Å². The van der Waals surface area contributed by atoms with E-state index in [0.29, 0.717) is 42.4 Å². The predicted octanol–water partition coefficient (Wildman–Crippen LogP) is 5.13. The van der Waals surface area contributed by atoms with Gasteiger partial charge in [0.05, 0.1) is 6.20 Å². The first-order valence-corrected chi connectivity index (χ1v) is 9.44. The van der Waals surface area contributed by atoms with Crippen LogP contribution in [0.1, 0.15) is 28.2 Å². The van der Waals surface area contributed by atoms with Crippen molar-refractivity contribution in [3.63, 3.8) is 0 Å². The van der Waals surface area contributed by atoms with Gasteiger partial charge in [-0.15, -0.1) is 0 Å². The third kappa shape index (κ3) is 4.96. The number of pyridine rings is 1. The van der Waals surface area contributed by atoms with Gasteiger partial charge in [0.25, 0.3) is 0 Å². The van der Waals surface area contributed by atoms with Crippen molar-refractivity contribution >= 4 is 5.78 Å². The molecule has 0 aliphatic carbocycles. The summed E-state index contributed by atoms with van der Waals surface area (Å²) in [6, 6.07) is 22.8. The molecule has 0 bridgehead atoms. The standard InChI is InChI=1S/C24H20N2O3/c27-22(12-13-24-26-16-23(29-24)21-11-4-5-14-25-21)19-9-6-10-20(15-19)28-17-18-7-2-1-3-8-18/h1-11,14-16H,12-13,17H2. The minimum atomic E-state index is 0.0211. The molecule has 0 spiro atoms. The third-order valence-corrected chi connectivity index (χ3v) is 4.44. The van der Waals surface area contributed by atoms with Crippen LogP contribution in [-0.4, -0.2) is 15.8 Å². The smallest absolute Gasteiger partial charge is 0.195 e. The largest absolute Gasteiger partial charge is 0.489 e. The summed E-state index contributed by atoms with van der Waals surface area (Å²) in [6.07, 6.45) is 4.08. The molecule has 0 unspecified atom stereocenters. The normalized spacial score (nSPS) is 10.6. The van der Waals surface area contributed by atoms with Gasteiger partial charge in [0, 0.05) is 24.6 Å². The van der Waals surface area contributed by atoms with Crippen molar-refractivity contribution < 1.29 is 13.9 Å². The number of carbonyl (C=O) groups excluding carboxylic acids is 1. The molecule has 29 heavy (non-hydrogen) atoms. The second kappa shape index (κ2) is 8.97.